The van der Waals surface area contributed by atoms with Gasteiger partial charge in [0.2, 0.25) is 0 Å². The number of nitrogens with one attached hydrogen (secondary N) is 1. The lowest BCUT2D eigenvalue weighted by atomic mass is 10.1. The maximum Gasteiger partial charge on any atom is 0.0456 e. The molecule has 1 heterocycles. The van der Waals surface area contributed by atoms with Crippen molar-refractivity contribution in [3.05, 3.63) is 35.5 Å². The van der Waals surface area contributed by atoms with Crippen LogP contribution < -0.4 is 5.73 Å². The zero-order valence-electron chi connectivity index (χ0n) is 8.67. The molecule has 1 atom stereocenters. The Labute approximate surface area is 84.1 Å². The number of aromatic nitrogens is 1. The quantitative estimate of drug-likeness (QED) is 0.746. The number of aromatic amines is 1. The van der Waals surface area contributed by atoms with Crippen molar-refractivity contribution in [2.75, 3.05) is 0 Å². The fourth-order valence-corrected chi connectivity index (χ4v) is 1.81. The molecule has 0 saturated heterocycles. The second-order valence-corrected chi connectivity index (χ2v) is 4.04. The maximum atomic E-state index is 5.80. The second kappa shape index (κ2) is 3.46. The van der Waals surface area contributed by atoms with Gasteiger partial charge in [0.05, 0.1) is 0 Å². The van der Waals surface area contributed by atoms with Crippen molar-refractivity contribution in [1.82, 2.24) is 4.98 Å². The Balaban J connectivity index is 2.50. The van der Waals surface area contributed by atoms with E-state index in [1.807, 2.05) is 6.92 Å². The van der Waals surface area contributed by atoms with Crippen LogP contribution in [0.5, 0.6) is 0 Å². The topological polar surface area (TPSA) is 41.8 Å². The number of hydrogen-bond donors (Lipinski definition) is 2. The largest absolute Gasteiger partial charge is 0.361 e. The molecule has 0 radical (unpaired) electrons. The summed E-state index contributed by atoms with van der Waals surface area (Å²) in [7, 11) is 0. The number of fused-ring (bicyclic) bond motifs is 1. The van der Waals surface area contributed by atoms with Crippen molar-refractivity contribution in [3.63, 3.8) is 0 Å². The van der Waals surface area contributed by atoms with E-state index in [1.165, 1.54) is 22.0 Å². The van der Waals surface area contributed by atoms with E-state index in [4.69, 9.17) is 5.73 Å². The van der Waals surface area contributed by atoms with Crippen molar-refractivity contribution in [2.45, 2.75) is 26.3 Å². The first-order chi connectivity index (χ1) is 6.66. The molecule has 0 aliphatic rings. The summed E-state index contributed by atoms with van der Waals surface area (Å²) in [5.74, 6) is 0. The minimum atomic E-state index is 0.217. The standard InChI is InChI=1S/C12H16N2/c1-8-3-4-12-11(5-8)10(7-14-12)6-9(2)13/h3-5,7,9,14H,6,13H2,1-2H3. The van der Waals surface area contributed by atoms with E-state index in [0.717, 1.165) is 6.42 Å². The Morgan fingerprint density at radius 2 is 2.21 bits per heavy atom. The minimum absolute atomic E-state index is 0.217. The molecular formula is C12H16N2. The number of H-pyrrole nitrogens is 1. The normalized spacial score (nSPS) is 13.4. The monoisotopic (exact) mass is 188 g/mol. The van der Waals surface area contributed by atoms with Gasteiger partial charge in [0.25, 0.3) is 0 Å². The maximum absolute atomic E-state index is 5.80. The van der Waals surface area contributed by atoms with Crippen LogP contribution in [0.2, 0.25) is 0 Å². The van der Waals surface area contributed by atoms with E-state index in [1.54, 1.807) is 0 Å². The highest BCUT2D eigenvalue weighted by Crippen LogP contribution is 2.20. The van der Waals surface area contributed by atoms with Gasteiger partial charge in [-0.3, -0.25) is 0 Å². The van der Waals surface area contributed by atoms with E-state index >= 15 is 0 Å². The summed E-state index contributed by atoms with van der Waals surface area (Å²) >= 11 is 0. The molecule has 0 saturated carbocycles. The smallest absolute Gasteiger partial charge is 0.0456 e. The van der Waals surface area contributed by atoms with Crippen molar-refractivity contribution in [2.24, 2.45) is 5.73 Å². The van der Waals surface area contributed by atoms with Crippen molar-refractivity contribution in [3.8, 4) is 0 Å². The zero-order chi connectivity index (χ0) is 10.1. The van der Waals surface area contributed by atoms with E-state index in [-0.39, 0.29) is 6.04 Å². The molecule has 0 fully saturated rings. The first-order valence-corrected chi connectivity index (χ1v) is 4.99. The van der Waals surface area contributed by atoms with Gasteiger partial charge in [-0.25, -0.2) is 0 Å². The van der Waals surface area contributed by atoms with Gasteiger partial charge in [0.15, 0.2) is 0 Å². The molecule has 0 aliphatic carbocycles. The van der Waals surface area contributed by atoms with Crippen molar-refractivity contribution in [1.29, 1.82) is 0 Å². The molecule has 2 nitrogen and oxygen atoms in total. The summed E-state index contributed by atoms with van der Waals surface area (Å²) in [4.78, 5) is 3.27. The van der Waals surface area contributed by atoms with Gasteiger partial charge in [-0.1, -0.05) is 11.6 Å². The summed E-state index contributed by atoms with van der Waals surface area (Å²) in [6.45, 7) is 4.15. The first-order valence-electron chi connectivity index (χ1n) is 4.99. The molecule has 0 bridgehead atoms. The third-order valence-electron chi connectivity index (χ3n) is 2.46. The third kappa shape index (κ3) is 1.66. The Kier molecular flexibility index (Phi) is 2.30. The van der Waals surface area contributed by atoms with Gasteiger partial charge in [-0.05, 0) is 38.0 Å². The van der Waals surface area contributed by atoms with E-state index < -0.39 is 0 Å². The van der Waals surface area contributed by atoms with Gasteiger partial charge >= 0.3 is 0 Å². The van der Waals surface area contributed by atoms with Crippen LogP contribution in [0.1, 0.15) is 18.1 Å². The number of hydrogen-bond acceptors (Lipinski definition) is 1. The number of nitrogens with two attached hydrogens (primary N) is 1. The third-order valence-corrected chi connectivity index (χ3v) is 2.46. The fraction of sp³-hybridized carbons (Fsp3) is 0.333. The molecule has 3 N–H and O–H groups in total. The Bertz CT molecular complexity index is 441. The van der Waals surface area contributed by atoms with Crippen molar-refractivity contribution >= 4 is 10.9 Å². The molecule has 74 valence electrons. The molecular weight excluding hydrogens is 172 g/mol. The highest BCUT2D eigenvalue weighted by molar-refractivity contribution is 5.83. The molecule has 1 unspecified atom stereocenters. The summed E-state index contributed by atoms with van der Waals surface area (Å²) in [5.41, 5.74) is 9.61. The van der Waals surface area contributed by atoms with E-state index in [0.29, 0.717) is 0 Å². The van der Waals surface area contributed by atoms with Crippen LogP contribution in [0.4, 0.5) is 0 Å². The number of benzene rings is 1. The Morgan fingerprint density at radius 3 is 2.93 bits per heavy atom. The lowest BCUT2D eigenvalue weighted by molar-refractivity contribution is 0.741. The van der Waals surface area contributed by atoms with Gasteiger partial charge in [0.1, 0.15) is 0 Å². The summed E-state index contributed by atoms with van der Waals surface area (Å²) in [5, 5.41) is 1.31. The van der Waals surface area contributed by atoms with E-state index in [2.05, 4.69) is 36.3 Å². The van der Waals surface area contributed by atoms with Crippen LogP contribution in [0.3, 0.4) is 0 Å². The Hall–Kier alpha value is -1.28. The summed E-state index contributed by atoms with van der Waals surface area (Å²) in [6.07, 6.45) is 3.00. The second-order valence-electron chi connectivity index (χ2n) is 4.04. The van der Waals surface area contributed by atoms with Crippen LogP contribution in [0, 0.1) is 6.92 Å². The lowest BCUT2D eigenvalue weighted by Crippen LogP contribution is -2.17. The molecule has 1 aromatic carbocycles. The van der Waals surface area contributed by atoms with Crippen LogP contribution in [-0.2, 0) is 6.42 Å². The van der Waals surface area contributed by atoms with Gasteiger partial charge in [-0.2, -0.15) is 0 Å². The minimum Gasteiger partial charge on any atom is -0.361 e. The van der Waals surface area contributed by atoms with Gasteiger partial charge in [-0.15, -0.1) is 0 Å². The molecule has 0 amide bonds. The average Bonchev–Trinajstić information content (AvgIpc) is 2.47. The molecule has 2 rings (SSSR count). The van der Waals surface area contributed by atoms with Crippen LogP contribution >= 0.6 is 0 Å². The molecule has 14 heavy (non-hydrogen) atoms. The van der Waals surface area contributed by atoms with Crippen LogP contribution in [0.25, 0.3) is 10.9 Å². The molecule has 0 aliphatic heterocycles. The van der Waals surface area contributed by atoms with E-state index in [9.17, 15) is 0 Å². The number of rotatable bonds is 2. The number of aryl methyl sites for hydroxylation is 1. The molecule has 2 heteroatoms. The molecule has 2 aromatic rings. The van der Waals surface area contributed by atoms with Crippen LogP contribution in [-0.4, -0.2) is 11.0 Å². The molecule has 1 aromatic heterocycles. The lowest BCUT2D eigenvalue weighted by Gasteiger charge is -2.03. The zero-order valence-corrected chi connectivity index (χ0v) is 8.67. The van der Waals surface area contributed by atoms with Crippen molar-refractivity contribution < 1.29 is 0 Å². The molecule has 0 spiro atoms. The summed E-state index contributed by atoms with van der Waals surface area (Å²) < 4.78 is 0. The highest BCUT2D eigenvalue weighted by atomic mass is 14.7. The first kappa shape index (κ1) is 9.28. The SMILES string of the molecule is Cc1ccc2[nH]cc(CC(C)N)c2c1. The predicted molar refractivity (Wildman–Crippen MR) is 60.4 cm³/mol. The van der Waals surface area contributed by atoms with Gasteiger partial charge in [0, 0.05) is 23.1 Å². The Morgan fingerprint density at radius 1 is 1.43 bits per heavy atom. The highest BCUT2D eigenvalue weighted by Gasteiger charge is 2.05. The summed E-state index contributed by atoms with van der Waals surface area (Å²) in [6, 6.07) is 6.67. The van der Waals surface area contributed by atoms with Crippen LogP contribution in [0.15, 0.2) is 24.4 Å². The predicted octanol–water partition coefficient (Wildman–Crippen LogP) is 2.37. The van der Waals surface area contributed by atoms with Gasteiger partial charge < -0.3 is 10.7 Å². The average molecular weight is 188 g/mol. The fourth-order valence-electron chi connectivity index (χ4n) is 1.81.